The fourth-order valence-electron chi connectivity index (χ4n) is 3.91. The van der Waals surface area contributed by atoms with Crippen molar-refractivity contribution in [3.05, 3.63) is 71.9 Å². The molecule has 0 fully saturated rings. The molecule has 1 heteroatoms. The Morgan fingerprint density at radius 3 is 2.38 bits per heavy atom. The van der Waals surface area contributed by atoms with Crippen LogP contribution in [0.1, 0.15) is 51.2 Å². The Balaban J connectivity index is 2.30. The van der Waals surface area contributed by atoms with Crippen molar-refractivity contribution in [2.24, 2.45) is 13.0 Å². The van der Waals surface area contributed by atoms with Gasteiger partial charge in [-0.1, -0.05) is 81.6 Å². The third-order valence-electron chi connectivity index (χ3n) is 5.36. The lowest BCUT2D eigenvalue weighted by molar-refractivity contribution is 0.470. The molecule has 1 atom stereocenters. The molecule has 0 spiro atoms. The van der Waals surface area contributed by atoms with Crippen molar-refractivity contribution in [3.63, 3.8) is 0 Å². The van der Waals surface area contributed by atoms with Crippen LogP contribution in [0.15, 0.2) is 60.8 Å². The summed E-state index contributed by atoms with van der Waals surface area (Å²) < 4.78 is 2.23. The topological polar surface area (TPSA) is 4.93 Å². The summed E-state index contributed by atoms with van der Waals surface area (Å²) in [6.07, 6.45) is 5.59. The van der Waals surface area contributed by atoms with Crippen LogP contribution in [-0.2, 0) is 12.5 Å². The number of aromatic nitrogens is 1. The number of rotatable bonds is 5. The standard InChI is InChI=1S/C25H29N/c1-5-6-7-13-18-25(20(2)3,21-14-9-8-10-15-21)23-19-26(4)24-17-12-11-16-22(23)24/h8-12,14-17,19-20H,5-7H2,1-4H3. The smallest absolute Gasteiger partial charge is 0.0855 e. The summed E-state index contributed by atoms with van der Waals surface area (Å²) in [7, 11) is 2.13. The van der Waals surface area contributed by atoms with E-state index >= 15 is 0 Å². The zero-order valence-corrected chi connectivity index (χ0v) is 16.4. The second-order valence-corrected chi connectivity index (χ2v) is 7.40. The highest BCUT2D eigenvalue weighted by atomic mass is 14.9. The van der Waals surface area contributed by atoms with E-state index in [1.54, 1.807) is 0 Å². The first kappa shape index (κ1) is 18.3. The molecule has 0 aliphatic heterocycles. The Bertz CT molecular complexity index is 921. The van der Waals surface area contributed by atoms with Gasteiger partial charge >= 0.3 is 0 Å². The number of benzene rings is 2. The molecule has 1 nitrogen and oxygen atoms in total. The van der Waals surface area contributed by atoms with Gasteiger partial charge in [0.15, 0.2) is 0 Å². The molecule has 3 aromatic rings. The minimum absolute atomic E-state index is 0.296. The number of aryl methyl sites for hydroxylation is 1. The number of unbranched alkanes of at least 4 members (excludes halogenated alkanes) is 2. The number of para-hydroxylation sites is 1. The van der Waals surface area contributed by atoms with Crippen LogP contribution in [0.5, 0.6) is 0 Å². The molecule has 0 radical (unpaired) electrons. The summed E-state index contributed by atoms with van der Waals surface area (Å²) in [4.78, 5) is 0. The van der Waals surface area contributed by atoms with E-state index < -0.39 is 0 Å². The number of hydrogen-bond acceptors (Lipinski definition) is 0. The van der Waals surface area contributed by atoms with Gasteiger partial charge in [0.05, 0.1) is 5.41 Å². The SMILES string of the molecule is CCCCC#CC(c1ccccc1)(c1cn(C)c2ccccc12)C(C)C. The molecule has 134 valence electrons. The third kappa shape index (κ3) is 3.17. The van der Waals surface area contributed by atoms with Crippen LogP contribution >= 0.6 is 0 Å². The van der Waals surface area contributed by atoms with Gasteiger partial charge in [0.1, 0.15) is 0 Å². The summed E-state index contributed by atoms with van der Waals surface area (Å²) in [5.74, 6) is 7.63. The Kier molecular flexibility index (Phi) is 5.52. The largest absolute Gasteiger partial charge is 0.350 e. The molecule has 1 aromatic heterocycles. The van der Waals surface area contributed by atoms with Crippen LogP contribution in [0, 0.1) is 17.8 Å². The van der Waals surface area contributed by atoms with E-state index in [4.69, 9.17) is 0 Å². The zero-order chi connectivity index (χ0) is 18.6. The maximum absolute atomic E-state index is 3.74. The van der Waals surface area contributed by atoms with E-state index in [0.717, 1.165) is 12.8 Å². The molecule has 3 rings (SSSR count). The van der Waals surface area contributed by atoms with Crippen LogP contribution in [0.25, 0.3) is 10.9 Å². The van der Waals surface area contributed by atoms with Crippen LogP contribution < -0.4 is 0 Å². The molecule has 0 aliphatic rings. The van der Waals surface area contributed by atoms with E-state index in [2.05, 4.69) is 105 Å². The summed E-state index contributed by atoms with van der Waals surface area (Å²) in [6.45, 7) is 6.81. The molecular formula is C25H29N. The Morgan fingerprint density at radius 2 is 1.69 bits per heavy atom. The highest BCUT2D eigenvalue weighted by Gasteiger charge is 2.38. The lowest BCUT2D eigenvalue weighted by Gasteiger charge is -2.33. The second kappa shape index (κ2) is 7.83. The van der Waals surface area contributed by atoms with Crippen LogP contribution in [0.4, 0.5) is 0 Å². The quantitative estimate of drug-likeness (QED) is 0.378. The van der Waals surface area contributed by atoms with Gasteiger partial charge in [-0.3, -0.25) is 0 Å². The van der Waals surface area contributed by atoms with Crippen molar-refractivity contribution in [1.29, 1.82) is 0 Å². The molecule has 2 aromatic carbocycles. The molecule has 1 unspecified atom stereocenters. The van der Waals surface area contributed by atoms with Gasteiger partial charge in [-0.15, -0.1) is 5.92 Å². The van der Waals surface area contributed by atoms with Gasteiger partial charge in [0, 0.05) is 36.1 Å². The fourth-order valence-corrected chi connectivity index (χ4v) is 3.91. The van der Waals surface area contributed by atoms with Crippen molar-refractivity contribution < 1.29 is 0 Å². The monoisotopic (exact) mass is 343 g/mol. The van der Waals surface area contributed by atoms with E-state index in [0.29, 0.717) is 5.92 Å². The molecular weight excluding hydrogens is 314 g/mol. The minimum Gasteiger partial charge on any atom is -0.350 e. The molecule has 26 heavy (non-hydrogen) atoms. The highest BCUT2D eigenvalue weighted by Crippen LogP contribution is 2.42. The van der Waals surface area contributed by atoms with E-state index in [-0.39, 0.29) is 5.41 Å². The average molecular weight is 344 g/mol. The second-order valence-electron chi connectivity index (χ2n) is 7.40. The van der Waals surface area contributed by atoms with Crippen molar-refractivity contribution in [3.8, 4) is 11.8 Å². The predicted molar refractivity (Wildman–Crippen MR) is 112 cm³/mol. The van der Waals surface area contributed by atoms with Crippen LogP contribution in [0.2, 0.25) is 0 Å². The van der Waals surface area contributed by atoms with Crippen molar-refractivity contribution >= 4 is 10.9 Å². The normalized spacial score (nSPS) is 13.4. The maximum Gasteiger partial charge on any atom is 0.0855 e. The van der Waals surface area contributed by atoms with Crippen molar-refractivity contribution in [2.75, 3.05) is 0 Å². The van der Waals surface area contributed by atoms with Gasteiger partial charge in [0.2, 0.25) is 0 Å². The van der Waals surface area contributed by atoms with Crippen LogP contribution in [-0.4, -0.2) is 4.57 Å². The Labute approximate surface area is 158 Å². The van der Waals surface area contributed by atoms with Gasteiger partial charge in [0.25, 0.3) is 0 Å². The minimum atomic E-state index is -0.296. The van der Waals surface area contributed by atoms with Gasteiger partial charge in [-0.25, -0.2) is 0 Å². The summed E-state index contributed by atoms with van der Waals surface area (Å²) >= 11 is 0. The van der Waals surface area contributed by atoms with Gasteiger partial charge < -0.3 is 4.57 Å². The first-order chi connectivity index (χ1) is 12.6. The Morgan fingerprint density at radius 1 is 1.00 bits per heavy atom. The molecule has 0 amide bonds. The molecule has 0 aliphatic carbocycles. The van der Waals surface area contributed by atoms with Crippen molar-refractivity contribution in [1.82, 2.24) is 4.57 Å². The molecule has 1 heterocycles. The first-order valence-electron chi connectivity index (χ1n) is 9.71. The third-order valence-corrected chi connectivity index (χ3v) is 5.36. The lowest BCUT2D eigenvalue weighted by Crippen LogP contribution is -2.32. The first-order valence-corrected chi connectivity index (χ1v) is 9.71. The van der Waals surface area contributed by atoms with Gasteiger partial charge in [-0.05, 0) is 24.0 Å². The Hall–Kier alpha value is -2.46. The zero-order valence-electron chi connectivity index (χ0n) is 16.4. The number of nitrogens with zero attached hydrogens (tertiary/aromatic N) is 1. The molecule has 0 N–H and O–H groups in total. The summed E-state index contributed by atoms with van der Waals surface area (Å²) in [6, 6.07) is 19.5. The molecule has 0 bridgehead atoms. The lowest BCUT2D eigenvalue weighted by atomic mass is 9.67. The molecule has 0 saturated carbocycles. The van der Waals surface area contributed by atoms with E-state index in [1.165, 1.54) is 28.5 Å². The number of hydrogen-bond donors (Lipinski definition) is 0. The fraction of sp³-hybridized carbons (Fsp3) is 0.360. The number of fused-ring (bicyclic) bond motifs is 1. The average Bonchev–Trinajstić information content (AvgIpc) is 3.00. The van der Waals surface area contributed by atoms with Crippen molar-refractivity contribution in [2.45, 2.75) is 45.4 Å². The predicted octanol–water partition coefficient (Wildman–Crippen LogP) is 6.31. The summed E-state index contributed by atoms with van der Waals surface area (Å²) in [5.41, 5.74) is 3.57. The molecule has 0 saturated heterocycles. The van der Waals surface area contributed by atoms with Crippen LogP contribution in [0.3, 0.4) is 0 Å². The summed E-state index contributed by atoms with van der Waals surface area (Å²) in [5, 5.41) is 1.30. The van der Waals surface area contributed by atoms with Gasteiger partial charge in [-0.2, -0.15) is 0 Å². The van der Waals surface area contributed by atoms with E-state index in [1.807, 2.05) is 0 Å². The maximum atomic E-state index is 3.74. The van der Waals surface area contributed by atoms with E-state index in [9.17, 15) is 0 Å². The highest BCUT2D eigenvalue weighted by molar-refractivity contribution is 5.86.